The number of hydrogen-bond donors (Lipinski definition) is 2. The molecule has 0 bridgehead atoms. The maximum Gasteiger partial charge on any atom is 0.305 e. The largest absolute Gasteiger partial charge is 0.456 e. The van der Waals surface area contributed by atoms with Crippen LogP contribution in [0.4, 0.5) is 0 Å². The number of aliphatic hydroxyl groups excluding tert-OH is 2. The Labute approximate surface area is 98.3 Å². The third-order valence-electron chi connectivity index (χ3n) is 2.29. The first-order valence-corrected chi connectivity index (χ1v) is 5.23. The molecule has 0 aliphatic carbocycles. The standard InChI is InChI=1S/C10H16O7/c1-5(12)15-8-3-7(14)9(4-11)17-10(8)16-6(2)13/h7-11,14H,3-4H2,1-2H3/t7-,8+,9+,10?/m0/s1. The molecule has 0 aromatic heterocycles. The van der Waals surface area contributed by atoms with Crippen LogP contribution in [-0.4, -0.2) is 53.4 Å². The van der Waals surface area contributed by atoms with Crippen LogP contribution in [0.25, 0.3) is 0 Å². The Morgan fingerprint density at radius 1 is 1.29 bits per heavy atom. The average Bonchev–Trinajstić information content (AvgIpc) is 2.20. The van der Waals surface area contributed by atoms with Crippen molar-refractivity contribution in [3.05, 3.63) is 0 Å². The minimum atomic E-state index is -1.10. The Kier molecular flexibility index (Phi) is 4.86. The molecule has 0 spiro atoms. The zero-order valence-electron chi connectivity index (χ0n) is 9.66. The summed E-state index contributed by atoms with van der Waals surface area (Å²) in [5.41, 5.74) is 0. The molecule has 17 heavy (non-hydrogen) atoms. The van der Waals surface area contributed by atoms with Crippen LogP contribution in [0.2, 0.25) is 0 Å². The lowest BCUT2D eigenvalue weighted by atomic mass is 10.0. The summed E-state index contributed by atoms with van der Waals surface area (Å²) >= 11 is 0. The fourth-order valence-electron chi connectivity index (χ4n) is 1.60. The van der Waals surface area contributed by atoms with Gasteiger partial charge in [0.1, 0.15) is 6.10 Å². The third kappa shape index (κ3) is 3.95. The topological polar surface area (TPSA) is 102 Å². The van der Waals surface area contributed by atoms with Gasteiger partial charge in [-0.2, -0.15) is 0 Å². The normalized spacial score (nSPS) is 32.9. The van der Waals surface area contributed by atoms with Gasteiger partial charge in [-0.3, -0.25) is 9.59 Å². The maximum absolute atomic E-state index is 10.9. The zero-order chi connectivity index (χ0) is 13.0. The van der Waals surface area contributed by atoms with E-state index in [1.54, 1.807) is 0 Å². The molecule has 7 nitrogen and oxygen atoms in total. The highest BCUT2D eigenvalue weighted by molar-refractivity contribution is 5.67. The molecule has 1 unspecified atom stereocenters. The maximum atomic E-state index is 10.9. The van der Waals surface area contributed by atoms with Crippen molar-refractivity contribution in [3.63, 3.8) is 0 Å². The quantitative estimate of drug-likeness (QED) is 0.614. The molecule has 0 aromatic rings. The molecule has 1 aliphatic heterocycles. The molecule has 4 atom stereocenters. The summed E-state index contributed by atoms with van der Waals surface area (Å²) in [5, 5.41) is 18.5. The Hall–Kier alpha value is -1.18. The van der Waals surface area contributed by atoms with E-state index in [9.17, 15) is 14.7 Å². The van der Waals surface area contributed by atoms with Crippen molar-refractivity contribution >= 4 is 11.9 Å². The van der Waals surface area contributed by atoms with E-state index in [-0.39, 0.29) is 6.42 Å². The Bertz CT molecular complexity index is 290. The van der Waals surface area contributed by atoms with E-state index >= 15 is 0 Å². The highest BCUT2D eigenvalue weighted by atomic mass is 16.7. The first-order chi connectivity index (χ1) is 7.93. The molecule has 1 heterocycles. The van der Waals surface area contributed by atoms with E-state index < -0.39 is 43.1 Å². The van der Waals surface area contributed by atoms with Crippen molar-refractivity contribution in [1.82, 2.24) is 0 Å². The summed E-state index contributed by atoms with van der Waals surface area (Å²) in [6.45, 7) is 1.98. The lowest BCUT2D eigenvalue weighted by Gasteiger charge is -2.37. The van der Waals surface area contributed by atoms with Crippen LogP contribution in [0.15, 0.2) is 0 Å². The molecule has 0 amide bonds. The van der Waals surface area contributed by atoms with Crippen LogP contribution < -0.4 is 0 Å². The van der Waals surface area contributed by atoms with Crippen molar-refractivity contribution in [2.75, 3.05) is 6.61 Å². The highest BCUT2D eigenvalue weighted by Crippen LogP contribution is 2.23. The van der Waals surface area contributed by atoms with Gasteiger partial charge < -0.3 is 24.4 Å². The predicted octanol–water partition coefficient (Wildman–Crippen LogP) is -1.05. The van der Waals surface area contributed by atoms with Crippen molar-refractivity contribution in [1.29, 1.82) is 0 Å². The summed E-state index contributed by atoms with van der Waals surface area (Å²) in [5.74, 6) is -1.16. The van der Waals surface area contributed by atoms with Gasteiger partial charge in [-0.05, 0) is 0 Å². The number of rotatable bonds is 3. The van der Waals surface area contributed by atoms with Crippen molar-refractivity contribution in [2.24, 2.45) is 0 Å². The molecule has 0 aromatic carbocycles. The molecule has 1 aliphatic rings. The van der Waals surface area contributed by atoms with Crippen molar-refractivity contribution in [2.45, 2.75) is 44.9 Å². The van der Waals surface area contributed by atoms with Gasteiger partial charge in [0.2, 0.25) is 6.29 Å². The monoisotopic (exact) mass is 248 g/mol. The second kappa shape index (κ2) is 5.95. The predicted molar refractivity (Wildman–Crippen MR) is 53.7 cm³/mol. The first kappa shape index (κ1) is 13.9. The summed E-state index contributed by atoms with van der Waals surface area (Å²) in [6, 6.07) is 0. The Balaban J connectivity index is 2.70. The number of hydrogen-bond acceptors (Lipinski definition) is 7. The molecule has 7 heteroatoms. The number of ether oxygens (including phenoxy) is 3. The van der Waals surface area contributed by atoms with E-state index in [4.69, 9.17) is 19.3 Å². The van der Waals surface area contributed by atoms with Crippen LogP contribution >= 0.6 is 0 Å². The molecule has 2 N–H and O–H groups in total. The van der Waals surface area contributed by atoms with Gasteiger partial charge in [0.15, 0.2) is 6.10 Å². The number of carbonyl (C=O) groups excluding carboxylic acids is 2. The van der Waals surface area contributed by atoms with Gasteiger partial charge in [-0.1, -0.05) is 0 Å². The minimum Gasteiger partial charge on any atom is -0.456 e. The Morgan fingerprint density at radius 3 is 2.35 bits per heavy atom. The lowest BCUT2D eigenvalue weighted by Crippen LogP contribution is -2.51. The van der Waals surface area contributed by atoms with Crippen molar-refractivity contribution in [3.8, 4) is 0 Å². The van der Waals surface area contributed by atoms with E-state index in [1.165, 1.54) is 13.8 Å². The van der Waals surface area contributed by atoms with Crippen molar-refractivity contribution < 1.29 is 34.0 Å². The van der Waals surface area contributed by atoms with Gasteiger partial charge in [-0.15, -0.1) is 0 Å². The SMILES string of the molecule is CC(=O)OC1O[C@H](CO)[C@@H](O)C[C@H]1OC(C)=O. The van der Waals surface area contributed by atoms with Gasteiger partial charge in [-0.25, -0.2) is 0 Å². The molecule has 1 saturated heterocycles. The fraction of sp³-hybridized carbons (Fsp3) is 0.800. The van der Waals surface area contributed by atoms with Crippen LogP contribution in [0, 0.1) is 0 Å². The second-order valence-electron chi connectivity index (χ2n) is 3.79. The summed E-state index contributed by atoms with van der Waals surface area (Å²) in [7, 11) is 0. The molecule has 0 radical (unpaired) electrons. The molecule has 1 fully saturated rings. The first-order valence-electron chi connectivity index (χ1n) is 5.23. The van der Waals surface area contributed by atoms with Gasteiger partial charge >= 0.3 is 11.9 Å². The highest BCUT2D eigenvalue weighted by Gasteiger charge is 2.40. The molecule has 0 saturated carbocycles. The minimum absolute atomic E-state index is 0.0444. The van der Waals surface area contributed by atoms with Crippen LogP contribution in [-0.2, 0) is 23.8 Å². The van der Waals surface area contributed by atoms with E-state index in [0.29, 0.717) is 0 Å². The van der Waals surface area contributed by atoms with E-state index in [1.807, 2.05) is 0 Å². The summed E-state index contributed by atoms with van der Waals surface area (Å²) in [6.07, 6.45) is -3.75. The zero-order valence-corrected chi connectivity index (χ0v) is 9.66. The van der Waals surface area contributed by atoms with Crippen LogP contribution in [0.3, 0.4) is 0 Å². The number of carbonyl (C=O) groups is 2. The average molecular weight is 248 g/mol. The number of esters is 2. The molecule has 1 rings (SSSR count). The summed E-state index contributed by atoms with van der Waals surface area (Å²) in [4.78, 5) is 21.7. The van der Waals surface area contributed by atoms with Crippen LogP contribution in [0.1, 0.15) is 20.3 Å². The molecular weight excluding hydrogens is 232 g/mol. The molecular formula is C10H16O7. The summed E-state index contributed by atoms with van der Waals surface area (Å²) < 4.78 is 14.9. The molecule has 98 valence electrons. The van der Waals surface area contributed by atoms with E-state index in [2.05, 4.69) is 0 Å². The second-order valence-corrected chi connectivity index (χ2v) is 3.79. The van der Waals surface area contributed by atoms with E-state index in [0.717, 1.165) is 0 Å². The lowest BCUT2D eigenvalue weighted by molar-refractivity contribution is -0.266. The fourth-order valence-corrected chi connectivity index (χ4v) is 1.60. The Morgan fingerprint density at radius 2 is 1.88 bits per heavy atom. The van der Waals surface area contributed by atoms with Gasteiger partial charge in [0, 0.05) is 20.3 Å². The van der Waals surface area contributed by atoms with Gasteiger partial charge in [0.05, 0.1) is 12.7 Å². The smallest absolute Gasteiger partial charge is 0.305 e. The van der Waals surface area contributed by atoms with Crippen LogP contribution in [0.5, 0.6) is 0 Å². The third-order valence-corrected chi connectivity index (χ3v) is 2.29. The van der Waals surface area contributed by atoms with Gasteiger partial charge in [0.25, 0.3) is 0 Å². The number of aliphatic hydroxyl groups is 2.